The molecule has 0 radical (unpaired) electrons. The Labute approximate surface area is 123 Å². The van der Waals surface area contributed by atoms with Gasteiger partial charge in [-0.1, -0.05) is 0 Å². The van der Waals surface area contributed by atoms with Crippen LogP contribution in [0.4, 0.5) is 0 Å². The van der Waals surface area contributed by atoms with Crippen molar-refractivity contribution in [2.75, 3.05) is 20.0 Å². The zero-order valence-corrected chi connectivity index (χ0v) is 13.2. The van der Waals surface area contributed by atoms with E-state index in [0.717, 1.165) is 10.6 Å². The van der Waals surface area contributed by atoms with Gasteiger partial charge in [-0.2, -0.15) is 0 Å². The van der Waals surface area contributed by atoms with E-state index in [-0.39, 0.29) is 17.1 Å². The molecular formula is C13H20BNO4S. The number of hydrogen-bond acceptors (Lipinski definition) is 6. The third-order valence-corrected chi connectivity index (χ3v) is 5.21. The first-order chi connectivity index (χ1) is 9.39. The fraction of sp³-hybridized carbons (Fsp3) is 0.769. The van der Waals surface area contributed by atoms with Crippen molar-refractivity contribution in [1.29, 1.82) is 0 Å². The van der Waals surface area contributed by atoms with Crippen LogP contribution >= 0.6 is 11.3 Å². The van der Waals surface area contributed by atoms with Crippen molar-refractivity contribution in [3.05, 3.63) is 10.4 Å². The van der Waals surface area contributed by atoms with Gasteiger partial charge >= 0.3 is 7.12 Å². The highest BCUT2D eigenvalue weighted by Crippen LogP contribution is 2.36. The third-order valence-electron chi connectivity index (χ3n) is 4.19. The molecular weight excluding hydrogens is 277 g/mol. The SMILES string of the molecule is CC1(C)OB(c2csc(C3COCOC3)n2)OC1(C)C. The van der Waals surface area contributed by atoms with Crippen molar-refractivity contribution < 1.29 is 18.8 Å². The minimum atomic E-state index is -0.393. The van der Waals surface area contributed by atoms with Crippen LogP contribution in [0.2, 0.25) is 0 Å². The largest absolute Gasteiger partial charge is 0.515 e. The minimum Gasteiger partial charge on any atom is -0.398 e. The molecule has 20 heavy (non-hydrogen) atoms. The maximum absolute atomic E-state index is 6.01. The van der Waals surface area contributed by atoms with E-state index in [9.17, 15) is 0 Å². The standard InChI is InChI=1S/C13H20BNO4S/c1-12(2)13(3,4)19-14(18-12)10-7-20-11(15-10)9-5-16-8-17-6-9/h7,9H,5-6,8H2,1-4H3. The van der Waals surface area contributed by atoms with Crippen molar-refractivity contribution in [2.24, 2.45) is 0 Å². The van der Waals surface area contributed by atoms with Crippen LogP contribution in [0.15, 0.2) is 5.38 Å². The van der Waals surface area contributed by atoms with Gasteiger partial charge in [-0.15, -0.1) is 11.3 Å². The summed E-state index contributed by atoms with van der Waals surface area (Å²) >= 11 is 1.61. The van der Waals surface area contributed by atoms with E-state index >= 15 is 0 Å². The fourth-order valence-electron chi connectivity index (χ4n) is 2.19. The predicted molar refractivity (Wildman–Crippen MR) is 77.3 cm³/mol. The van der Waals surface area contributed by atoms with Gasteiger partial charge < -0.3 is 18.8 Å². The van der Waals surface area contributed by atoms with Crippen molar-refractivity contribution in [2.45, 2.75) is 44.8 Å². The second-order valence-corrected chi connectivity index (χ2v) is 7.14. The van der Waals surface area contributed by atoms with E-state index in [0.29, 0.717) is 20.0 Å². The summed E-state index contributed by atoms with van der Waals surface area (Å²) in [6.07, 6.45) is 0. The monoisotopic (exact) mass is 297 g/mol. The molecule has 3 heterocycles. The second kappa shape index (κ2) is 5.07. The van der Waals surface area contributed by atoms with Crippen LogP contribution in [0.3, 0.4) is 0 Å². The Bertz CT molecular complexity index is 468. The molecule has 0 saturated carbocycles. The smallest absolute Gasteiger partial charge is 0.398 e. The molecule has 0 spiro atoms. The first kappa shape index (κ1) is 14.5. The summed E-state index contributed by atoms with van der Waals surface area (Å²) in [4.78, 5) is 4.66. The van der Waals surface area contributed by atoms with Crippen LogP contribution < -0.4 is 5.59 Å². The molecule has 0 aromatic carbocycles. The van der Waals surface area contributed by atoms with Crippen molar-refractivity contribution in [3.8, 4) is 0 Å². The first-order valence-electron chi connectivity index (χ1n) is 6.85. The average molecular weight is 297 g/mol. The van der Waals surface area contributed by atoms with Crippen LogP contribution in [0.25, 0.3) is 0 Å². The molecule has 2 saturated heterocycles. The van der Waals surface area contributed by atoms with Crippen molar-refractivity contribution in [3.63, 3.8) is 0 Å². The predicted octanol–water partition coefficient (Wildman–Crippen LogP) is 1.53. The van der Waals surface area contributed by atoms with Crippen LogP contribution in [-0.4, -0.2) is 43.3 Å². The van der Waals surface area contributed by atoms with Gasteiger partial charge in [0, 0.05) is 5.38 Å². The maximum Gasteiger partial charge on any atom is 0.515 e. The summed E-state index contributed by atoms with van der Waals surface area (Å²) < 4.78 is 22.7. The number of rotatable bonds is 2. The number of nitrogens with zero attached hydrogens (tertiary/aromatic N) is 1. The molecule has 0 unspecified atom stereocenters. The fourth-order valence-corrected chi connectivity index (χ4v) is 3.08. The van der Waals surface area contributed by atoms with Crippen LogP contribution in [0.5, 0.6) is 0 Å². The molecule has 2 aliphatic heterocycles. The summed E-state index contributed by atoms with van der Waals surface area (Å²) in [5.41, 5.74) is 0.172. The minimum absolute atomic E-state index is 0.213. The Hall–Kier alpha value is -0.465. The molecule has 1 aromatic rings. The van der Waals surface area contributed by atoms with E-state index in [2.05, 4.69) is 4.98 Å². The van der Waals surface area contributed by atoms with Gasteiger partial charge in [0.2, 0.25) is 0 Å². The lowest BCUT2D eigenvalue weighted by Crippen LogP contribution is -2.41. The van der Waals surface area contributed by atoms with Crippen LogP contribution in [0, 0.1) is 0 Å². The van der Waals surface area contributed by atoms with E-state index in [1.54, 1.807) is 11.3 Å². The average Bonchev–Trinajstić information content (AvgIpc) is 2.94. The summed E-state index contributed by atoms with van der Waals surface area (Å²) in [5, 5.41) is 3.03. The van der Waals surface area contributed by atoms with Gasteiger partial charge in [-0.3, -0.25) is 0 Å². The van der Waals surface area contributed by atoms with Gasteiger partial charge in [0.05, 0.1) is 40.9 Å². The topological polar surface area (TPSA) is 49.8 Å². The molecule has 2 aliphatic rings. The Morgan fingerprint density at radius 2 is 1.75 bits per heavy atom. The molecule has 110 valence electrons. The molecule has 0 amide bonds. The Morgan fingerprint density at radius 3 is 2.35 bits per heavy atom. The molecule has 7 heteroatoms. The molecule has 5 nitrogen and oxygen atoms in total. The quantitative estimate of drug-likeness (QED) is 0.775. The molecule has 0 aliphatic carbocycles. The Morgan fingerprint density at radius 1 is 1.15 bits per heavy atom. The lowest BCUT2D eigenvalue weighted by molar-refractivity contribution is -0.108. The molecule has 0 atom stereocenters. The lowest BCUT2D eigenvalue weighted by Gasteiger charge is -2.32. The zero-order valence-electron chi connectivity index (χ0n) is 12.3. The maximum atomic E-state index is 6.01. The van der Waals surface area contributed by atoms with Gasteiger partial charge in [0.25, 0.3) is 0 Å². The Kier molecular flexibility index (Phi) is 3.67. The normalized spacial score (nSPS) is 26.1. The van der Waals surface area contributed by atoms with Gasteiger partial charge in [-0.25, -0.2) is 4.98 Å². The number of hydrogen-bond donors (Lipinski definition) is 0. The van der Waals surface area contributed by atoms with E-state index in [4.69, 9.17) is 18.8 Å². The van der Waals surface area contributed by atoms with Crippen LogP contribution in [-0.2, 0) is 18.8 Å². The van der Waals surface area contributed by atoms with Crippen molar-refractivity contribution in [1.82, 2.24) is 4.98 Å². The molecule has 0 N–H and O–H groups in total. The van der Waals surface area contributed by atoms with Gasteiger partial charge in [0.15, 0.2) is 0 Å². The number of aromatic nitrogens is 1. The summed E-state index contributed by atoms with van der Waals surface area (Å²) in [7, 11) is -0.393. The summed E-state index contributed by atoms with van der Waals surface area (Å²) in [6.45, 7) is 9.89. The lowest BCUT2D eigenvalue weighted by atomic mass is 9.86. The molecule has 1 aromatic heterocycles. The van der Waals surface area contributed by atoms with E-state index < -0.39 is 7.12 Å². The summed E-state index contributed by atoms with van der Waals surface area (Å²) in [5.74, 6) is 0.213. The molecule has 3 rings (SSSR count). The number of ether oxygens (including phenoxy) is 2. The summed E-state index contributed by atoms with van der Waals surface area (Å²) in [6, 6.07) is 0. The van der Waals surface area contributed by atoms with Gasteiger partial charge in [0.1, 0.15) is 6.79 Å². The highest BCUT2D eigenvalue weighted by atomic mass is 32.1. The van der Waals surface area contributed by atoms with Crippen molar-refractivity contribution >= 4 is 24.0 Å². The zero-order chi connectivity index (χ0) is 14.4. The molecule has 0 bridgehead atoms. The third kappa shape index (κ3) is 2.53. The highest BCUT2D eigenvalue weighted by molar-refractivity contribution is 7.10. The van der Waals surface area contributed by atoms with E-state index in [1.165, 1.54) is 0 Å². The highest BCUT2D eigenvalue weighted by Gasteiger charge is 2.52. The Balaban J connectivity index is 1.74. The molecule has 2 fully saturated rings. The number of thiazole rings is 1. The van der Waals surface area contributed by atoms with Crippen LogP contribution in [0.1, 0.15) is 38.6 Å². The van der Waals surface area contributed by atoms with E-state index in [1.807, 2.05) is 33.1 Å². The second-order valence-electron chi connectivity index (χ2n) is 6.26. The first-order valence-corrected chi connectivity index (χ1v) is 7.73. The van der Waals surface area contributed by atoms with Gasteiger partial charge in [-0.05, 0) is 27.7 Å².